The third-order valence-corrected chi connectivity index (χ3v) is 6.41. The Kier molecular flexibility index (Phi) is 7.99. The lowest BCUT2D eigenvalue weighted by atomic mass is 10.1. The van der Waals surface area contributed by atoms with Crippen molar-refractivity contribution in [2.24, 2.45) is 0 Å². The summed E-state index contributed by atoms with van der Waals surface area (Å²) in [6.07, 6.45) is 8.09. The fourth-order valence-electron chi connectivity index (χ4n) is 3.98. The molecule has 2 fully saturated rings. The van der Waals surface area contributed by atoms with E-state index in [1.54, 1.807) is 29.2 Å². The van der Waals surface area contributed by atoms with Gasteiger partial charge in [0.2, 0.25) is 11.8 Å². The highest BCUT2D eigenvalue weighted by molar-refractivity contribution is 6.42. The quantitative estimate of drug-likeness (QED) is 0.632. The van der Waals surface area contributed by atoms with Crippen LogP contribution in [0.15, 0.2) is 24.3 Å². The second-order valence-electron chi connectivity index (χ2n) is 7.92. The van der Waals surface area contributed by atoms with E-state index in [0.717, 1.165) is 25.1 Å². The van der Waals surface area contributed by atoms with Gasteiger partial charge >= 0.3 is 0 Å². The largest absolute Gasteiger partial charge is 0.339 e. The summed E-state index contributed by atoms with van der Waals surface area (Å²) < 4.78 is 0. The first-order valence-electron chi connectivity index (χ1n) is 10.4. The van der Waals surface area contributed by atoms with E-state index in [9.17, 15) is 9.59 Å². The number of halogens is 2. The van der Waals surface area contributed by atoms with E-state index in [1.165, 1.54) is 38.4 Å². The maximum Gasteiger partial charge on any atom is 0.247 e. The molecule has 0 aliphatic carbocycles. The summed E-state index contributed by atoms with van der Waals surface area (Å²) in [5, 5.41) is 0.925. The molecule has 1 atom stereocenters. The van der Waals surface area contributed by atoms with Gasteiger partial charge in [-0.25, -0.2) is 0 Å². The molecule has 0 radical (unpaired) electrons. The number of hydrogen-bond donors (Lipinski definition) is 0. The molecule has 0 spiro atoms. The van der Waals surface area contributed by atoms with E-state index in [1.807, 2.05) is 11.8 Å². The van der Waals surface area contributed by atoms with Gasteiger partial charge in [0.05, 0.1) is 10.0 Å². The lowest BCUT2D eigenvalue weighted by Gasteiger charge is -2.39. The average Bonchev–Trinajstić information content (AvgIpc) is 2.71. The zero-order valence-corrected chi connectivity index (χ0v) is 18.5. The lowest BCUT2D eigenvalue weighted by molar-refractivity contribution is -0.146. The minimum atomic E-state index is -0.162. The first-order valence-corrected chi connectivity index (χ1v) is 11.1. The second-order valence-corrected chi connectivity index (χ2v) is 8.73. The molecular formula is C22H29Cl2N3O2. The fourth-order valence-corrected chi connectivity index (χ4v) is 4.29. The smallest absolute Gasteiger partial charge is 0.247 e. The molecule has 29 heavy (non-hydrogen) atoms. The van der Waals surface area contributed by atoms with Crippen molar-refractivity contribution in [2.45, 2.75) is 38.6 Å². The third-order valence-electron chi connectivity index (χ3n) is 5.67. The van der Waals surface area contributed by atoms with Crippen LogP contribution in [0.5, 0.6) is 0 Å². The van der Waals surface area contributed by atoms with Crippen molar-refractivity contribution in [3.63, 3.8) is 0 Å². The topological polar surface area (TPSA) is 43.9 Å². The zero-order valence-electron chi connectivity index (χ0n) is 16.9. The van der Waals surface area contributed by atoms with E-state index in [0.29, 0.717) is 16.6 Å². The normalized spacial score (nSPS) is 21.2. The molecular weight excluding hydrogens is 409 g/mol. The Bertz CT molecular complexity index is 762. The highest BCUT2D eigenvalue weighted by Crippen LogP contribution is 2.23. The number of rotatable bonds is 6. The highest BCUT2D eigenvalue weighted by Gasteiger charge is 2.31. The minimum absolute atomic E-state index is 0.00589. The Morgan fingerprint density at radius 1 is 1.14 bits per heavy atom. The maximum absolute atomic E-state index is 12.6. The van der Waals surface area contributed by atoms with Crippen LogP contribution in [0.3, 0.4) is 0 Å². The summed E-state index contributed by atoms with van der Waals surface area (Å²) in [7, 11) is 0. The van der Waals surface area contributed by atoms with Gasteiger partial charge in [0.1, 0.15) is 6.54 Å². The molecule has 0 N–H and O–H groups in total. The minimum Gasteiger partial charge on any atom is -0.339 e. The number of piperazine rings is 1. The van der Waals surface area contributed by atoms with Gasteiger partial charge in [-0.1, -0.05) is 35.7 Å². The summed E-state index contributed by atoms with van der Waals surface area (Å²) in [6, 6.07) is 5.20. The molecule has 2 aliphatic rings. The Hall–Kier alpha value is -1.56. The molecule has 1 aromatic carbocycles. The molecule has 0 aromatic heterocycles. The van der Waals surface area contributed by atoms with Crippen molar-refractivity contribution in [3.05, 3.63) is 39.9 Å². The van der Waals surface area contributed by atoms with Crippen LogP contribution >= 0.6 is 23.2 Å². The highest BCUT2D eigenvalue weighted by atomic mass is 35.5. The molecule has 0 bridgehead atoms. The zero-order chi connectivity index (χ0) is 20.8. The van der Waals surface area contributed by atoms with Gasteiger partial charge in [-0.05, 0) is 69.6 Å². The van der Waals surface area contributed by atoms with E-state index in [-0.39, 0.29) is 24.4 Å². The Balaban J connectivity index is 1.49. The number of carbonyl (C=O) groups is 2. The predicted molar refractivity (Wildman–Crippen MR) is 118 cm³/mol. The van der Waals surface area contributed by atoms with Crippen LogP contribution in [0, 0.1) is 0 Å². The fraction of sp³-hybridized carbons (Fsp3) is 0.545. The van der Waals surface area contributed by atoms with Crippen LogP contribution in [0.1, 0.15) is 38.2 Å². The van der Waals surface area contributed by atoms with Gasteiger partial charge in [-0.2, -0.15) is 0 Å². The van der Waals surface area contributed by atoms with Gasteiger partial charge in [-0.15, -0.1) is 0 Å². The van der Waals surface area contributed by atoms with E-state index in [4.69, 9.17) is 23.2 Å². The number of carbonyl (C=O) groups excluding carboxylic acids is 2. The van der Waals surface area contributed by atoms with Crippen LogP contribution in [-0.4, -0.2) is 71.8 Å². The molecule has 2 saturated heterocycles. The van der Waals surface area contributed by atoms with Crippen LogP contribution in [-0.2, 0) is 9.59 Å². The van der Waals surface area contributed by atoms with E-state index in [2.05, 4.69) is 4.90 Å². The molecule has 2 amide bonds. The average molecular weight is 438 g/mol. The number of nitrogens with zero attached hydrogens (tertiary/aromatic N) is 3. The van der Waals surface area contributed by atoms with Gasteiger partial charge in [0, 0.05) is 25.2 Å². The van der Waals surface area contributed by atoms with Gasteiger partial charge in [0.25, 0.3) is 0 Å². The Morgan fingerprint density at radius 2 is 1.90 bits per heavy atom. The second kappa shape index (κ2) is 10.5. The first-order chi connectivity index (χ1) is 13.9. The van der Waals surface area contributed by atoms with Crippen molar-refractivity contribution in [1.29, 1.82) is 0 Å². The molecule has 2 heterocycles. The summed E-state index contributed by atoms with van der Waals surface area (Å²) in [5.41, 5.74) is 0.795. The van der Waals surface area contributed by atoms with Gasteiger partial charge in [0.15, 0.2) is 0 Å². The molecule has 5 nitrogen and oxygen atoms in total. The van der Waals surface area contributed by atoms with Gasteiger partial charge < -0.3 is 14.7 Å². The van der Waals surface area contributed by atoms with Crippen molar-refractivity contribution in [3.8, 4) is 0 Å². The molecule has 3 rings (SSSR count). The van der Waals surface area contributed by atoms with E-state index >= 15 is 0 Å². The molecule has 0 saturated carbocycles. The van der Waals surface area contributed by atoms with Crippen molar-refractivity contribution < 1.29 is 9.59 Å². The number of likely N-dealkylation sites (tertiary alicyclic amines) is 1. The number of hydrogen-bond acceptors (Lipinski definition) is 3. The molecule has 2 aliphatic heterocycles. The maximum atomic E-state index is 12.6. The monoisotopic (exact) mass is 437 g/mol. The predicted octanol–water partition coefficient (Wildman–Crippen LogP) is 3.94. The number of amides is 2. The van der Waals surface area contributed by atoms with Crippen molar-refractivity contribution in [1.82, 2.24) is 14.7 Å². The molecule has 0 unspecified atom stereocenters. The standard InChI is InChI=1S/C22H29Cl2N3O2/c1-17-15-26(13-5-12-25-10-3-2-4-11-25)22(29)16-27(17)21(28)9-7-18-6-8-19(23)20(24)14-18/h6-9,14,17H,2-5,10-13,15-16H2,1H3/b9-7+/t17-/m1/s1. The van der Waals surface area contributed by atoms with Crippen LogP contribution < -0.4 is 0 Å². The number of piperidine rings is 1. The van der Waals surface area contributed by atoms with Gasteiger partial charge in [-0.3, -0.25) is 9.59 Å². The van der Waals surface area contributed by atoms with Crippen molar-refractivity contribution in [2.75, 3.05) is 39.3 Å². The number of benzene rings is 1. The summed E-state index contributed by atoms with van der Waals surface area (Å²) in [5.74, 6) is -0.136. The lowest BCUT2D eigenvalue weighted by Crippen LogP contribution is -2.56. The molecule has 158 valence electrons. The summed E-state index contributed by atoms with van der Waals surface area (Å²) >= 11 is 11.9. The van der Waals surface area contributed by atoms with Crippen molar-refractivity contribution >= 4 is 41.1 Å². The summed E-state index contributed by atoms with van der Waals surface area (Å²) in [4.78, 5) is 31.2. The van der Waals surface area contributed by atoms with E-state index < -0.39 is 0 Å². The molecule has 1 aromatic rings. The summed E-state index contributed by atoms with van der Waals surface area (Å²) in [6.45, 7) is 6.89. The Morgan fingerprint density at radius 3 is 2.62 bits per heavy atom. The van der Waals surface area contributed by atoms with Crippen LogP contribution in [0.25, 0.3) is 6.08 Å². The third kappa shape index (κ3) is 6.21. The molecule has 7 heteroatoms. The Labute approximate surface area is 183 Å². The van der Waals surface area contributed by atoms with Crippen LogP contribution in [0.2, 0.25) is 10.0 Å². The SMILES string of the molecule is C[C@@H]1CN(CCCN2CCCCC2)C(=O)CN1C(=O)/C=C/c1ccc(Cl)c(Cl)c1. The van der Waals surface area contributed by atoms with Crippen LogP contribution in [0.4, 0.5) is 0 Å². The first kappa shape index (κ1) is 22.1.